The van der Waals surface area contributed by atoms with Crippen LogP contribution in [0.3, 0.4) is 0 Å². The van der Waals surface area contributed by atoms with Crippen LogP contribution in [0.2, 0.25) is 0 Å². The van der Waals surface area contributed by atoms with E-state index in [1.165, 1.54) is 11.8 Å². The molecule has 0 spiro atoms. The Morgan fingerprint density at radius 3 is 2.52 bits per heavy atom. The maximum Gasteiger partial charge on any atom is 0.286 e. The van der Waals surface area contributed by atoms with E-state index in [1.54, 1.807) is 7.11 Å². The molecule has 5 nitrogen and oxygen atoms in total. The van der Waals surface area contributed by atoms with Gasteiger partial charge >= 0.3 is 0 Å². The second kappa shape index (κ2) is 6.76. The lowest BCUT2D eigenvalue weighted by atomic mass is 10.2. The molecule has 0 N–H and O–H groups in total. The third-order valence-corrected chi connectivity index (χ3v) is 4.76. The highest BCUT2D eigenvalue weighted by molar-refractivity contribution is 8.18. The number of aliphatic imine (C=N–C) groups is 1. The van der Waals surface area contributed by atoms with E-state index in [1.807, 2.05) is 44.2 Å². The predicted molar refractivity (Wildman–Crippen MR) is 92.6 cm³/mol. The first-order valence-electron chi connectivity index (χ1n) is 7.62. The molecule has 1 aromatic carbocycles. The van der Waals surface area contributed by atoms with Gasteiger partial charge in [-0.05, 0) is 49.4 Å². The summed E-state index contributed by atoms with van der Waals surface area (Å²) < 4.78 is 10.9. The number of thioether (sulfide) groups is 1. The van der Waals surface area contributed by atoms with E-state index in [4.69, 9.17) is 9.47 Å². The minimum atomic E-state index is -0.174. The van der Waals surface area contributed by atoms with Crippen molar-refractivity contribution in [2.24, 2.45) is 4.99 Å². The van der Waals surface area contributed by atoms with Crippen molar-refractivity contribution in [3.63, 3.8) is 0 Å². The van der Waals surface area contributed by atoms with Crippen LogP contribution in [0.15, 0.2) is 34.2 Å². The van der Waals surface area contributed by atoms with Gasteiger partial charge in [0, 0.05) is 13.1 Å². The number of morpholine rings is 1. The zero-order chi connectivity index (χ0) is 16.4. The van der Waals surface area contributed by atoms with Gasteiger partial charge in [-0.25, -0.2) is 0 Å². The van der Waals surface area contributed by atoms with Gasteiger partial charge in [0.05, 0.1) is 24.2 Å². The third-order valence-electron chi connectivity index (χ3n) is 3.71. The second-order valence-corrected chi connectivity index (χ2v) is 6.75. The van der Waals surface area contributed by atoms with Crippen molar-refractivity contribution in [1.29, 1.82) is 0 Å². The number of rotatable bonds is 2. The predicted octanol–water partition coefficient (Wildman–Crippen LogP) is 2.77. The van der Waals surface area contributed by atoms with E-state index in [2.05, 4.69) is 9.89 Å². The molecule has 0 aromatic heterocycles. The van der Waals surface area contributed by atoms with Crippen LogP contribution in [0.1, 0.15) is 19.4 Å². The summed E-state index contributed by atoms with van der Waals surface area (Å²) in [5.41, 5.74) is 0.960. The van der Waals surface area contributed by atoms with Gasteiger partial charge in [0.1, 0.15) is 5.75 Å². The molecule has 0 unspecified atom stereocenters. The Bertz CT molecular complexity index is 644. The number of hydrogen-bond donors (Lipinski definition) is 0. The summed E-state index contributed by atoms with van der Waals surface area (Å²) in [5, 5.41) is 0.775. The standard InChI is InChI=1S/C17H20N2O3S/c1-11-9-19(10-12(2)22-11)17-18-16(20)15(23-17)8-13-4-6-14(21-3)7-5-13/h4-8,11-12H,9-10H2,1-3H3/b15-8-/t11-,12-/m0/s1. The monoisotopic (exact) mass is 332 g/mol. The average Bonchev–Trinajstić information content (AvgIpc) is 2.88. The lowest BCUT2D eigenvalue weighted by Crippen LogP contribution is -2.47. The summed E-state index contributed by atoms with van der Waals surface area (Å²) >= 11 is 1.43. The fourth-order valence-corrected chi connectivity index (χ4v) is 3.65. The van der Waals surface area contributed by atoms with Gasteiger partial charge in [0.2, 0.25) is 0 Å². The molecule has 122 valence electrons. The summed E-state index contributed by atoms with van der Waals surface area (Å²) in [5.74, 6) is 0.624. The molecular formula is C17H20N2O3S. The summed E-state index contributed by atoms with van der Waals surface area (Å²) in [6.07, 6.45) is 2.16. The molecule has 2 aliphatic heterocycles. The van der Waals surface area contributed by atoms with Crippen LogP contribution in [0, 0.1) is 0 Å². The molecule has 0 aliphatic carbocycles. The van der Waals surface area contributed by atoms with E-state index < -0.39 is 0 Å². The Hall–Kier alpha value is -1.79. The van der Waals surface area contributed by atoms with Crippen LogP contribution in [0.5, 0.6) is 5.75 Å². The van der Waals surface area contributed by atoms with Crippen LogP contribution >= 0.6 is 11.8 Å². The average molecular weight is 332 g/mol. The Morgan fingerprint density at radius 1 is 1.26 bits per heavy atom. The fraction of sp³-hybridized carbons (Fsp3) is 0.412. The highest BCUT2D eigenvalue weighted by Crippen LogP contribution is 2.31. The first kappa shape index (κ1) is 16.1. The zero-order valence-electron chi connectivity index (χ0n) is 13.5. The van der Waals surface area contributed by atoms with E-state index in [9.17, 15) is 4.79 Å². The molecule has 1 fully saturated rings. The third kappa shape index (κ3) is 3.76. The number of carbonyl (C=O) groups excluding carboxylic acids is 1. The van der Waals surface area contributed by atoms with E-state index in [-0.39, 0.29) is 18.1 Å². The molecule has 3 rings (SSSR count). The molecule has 1 saturated heterocycles. The fourth-order valence-electron chi connectivity index (χ4n) is 2.72. The molecule has 2 atom stereocenters. The van der Waals surface area contributed by atoms with Gasteiger partial charge < -0.3 is 14.4 Å². The first-order valence-corrected chi connectivity index (χ1v) is 8.44. The van der Waals surface area contributed by atoms with E-state index >= 15 is 0 Å². The van der Waals surface area contributed by atoms with Crippen molar-refractivity contribution < 1.29 is 14.3 Å². The number of ether oxygens (including phenoxy) is 2. The summed E-state index contributed by atoms with van der Waals surface area (Å²) in [4.78, 5) is 19.2. The molecule has 1 aromatic rings. The lowest BCUT2D eigenvalue weighted by molar-refractivity contribution is -0.113. The topological polar surface area (TPSA) is 51.1 Å². The van der Waals surface area contributed by atoms with E-state index in [0.717, 1.165) is 29.6 Å². The number of methoxy groups -OCH3 is 1. The number of amides is 1. The number of hydrogen-bond acceptors (Lipinski definition) is 5. The SMILES string of the molecule is COc1ccc(/C=C2\SC(N3C[C@H](C)O[C@@H](C)C3)=NC2=O)cc1. The molecule has 6 heteroatoms. The Kier molecular flexibility index (Phi) is 4.73. The molecule has 1 amide bonds. The van der Waals surface area contributed by atoms with Gasteiger partial charge in [0.25, 0.3) is 5.91 Å². The van der Waals surface area contributed by atoms with Gasteiger partial charge in [0.15, 0.2) is 5.17 Å². The van der Waals surface area contributed by atoms with Crippen LogP contribution < -0.4 is 4.74 Å². The van der Waals surface area contributed by atoms with Gasteiger partial charge in [-0.3, -0.25) is 4.79 Å². The van der Waals surface area contributed by atoms with Crippen molar-refractivity contribution in [3.8, 4) is 5.75 Å². The summed E-state index contributed by atoms with van der Waals surface area (Å²) in [6.45, 7) is 5.61. The van der Waals surface area contributed by atoms with Gasteiger partial charge in [-0.15, -0.1) is 0 Å². The molecule has 23 heavy (non-hydrogen) atoms. The van der Waals surface area contributed by atoms with Gasteiger partial charge in [-0.1, -0.05) is 12.1 Å². The maximum absolute atomic E-state index is 12.2. The Morgan fingerprint density at radius 2 is 1.91 bits per heavy atom. The van der Waals surface area contributed by atoms with Crippen LogP contribution in [0.25, 0.3) is 6.08 Å². The molecular weight excluding hydrogens is 312 g/mol. The molecule has 2 heterocycles. The number of nitrogens with zero attached hydrogens (tertiary/aromatic N) is 2. The smallest absolute Gasteiger partial charge is 0.286 e. The normalized spacial score (nSPS) is 26.6. The lowest BCUT2D eigenvalue weighted by Gasteiger charge is -2.35. The zero-order valence-corrected chi connectivity index (χ0v) is 14.3. The van der Waals surface area contributed by atoms with Gasteiger partial charge in [-0.2, -0.15) is 4.99 Å². The maximum atomic E-state index is 12.2. The quantitative estimate of drug-likeness (QED) is 0.780. The Balaban J connectivity index is 1.72. The largest absolute Gasteiger partial charge is 0.497 e. The number of benzene rings is 1. The highest BCUT2D eigenvalue weighted by Gasteiger charge is 2.30. The first-order chi connectivity index (χ1) is 11.0. The van der Waals surface area contributed by atoms with Crippen molar-refractivity contribution in [3.05, 3.63) is 34.7 Å². The van der Waals surface area contributed by atoms with Crippen molar-refractivity contribution >= 4 is 28.9 Å². The molecule has 0 radical (unpaired) electrons. The van der Waals surface area contributed by atoms with Crippen molar-refractivity contribution in [2.75, 3.05) is 20.2 Å². The van der Waals surface area contributed by atoms with Crippen LogP contribution in [-0.2, 0) is 9.53 Å². The molecule has 2 aliphatic rings. The van der Waals surface area contributed by atoms with Crippen molar-refractivity contribution in [2.45, 2.75) is 26.1 Å². The minimum Gasteiger partial charge on any atom is -0.497 e. The minimum absolute atomic E-state index is 0.145. The van der Waals surface area contributed by atoms with Crippen LogP contribution in [0.4, 0.5) is 0 Å². The highest BCUT2D eigenvalue weighted by atomic mass is 32.2. The second-order valence-electron chi connectivity index (χ2n) is 5.75. The number of carbonyl (C=O) groups is 1. The van der Waals surface area contributed by atoms with Crippen LogP contribution in [-0.4, -0.2) is 48.4 Å². The summed E-state index contributed by atoms with van der Waals surface area (Å²) in [6, 6.07) is 7.61. The van der Waals surface area contributed by atoms with E-state index in [0.29, 0.717) is 4.91 Å². The van der Waals surface area contributed by atoms with Crippen molar-refractivity contribution in [1.82, 2.24) is 4.90 Å². The summed E-state index contributed by atoms with van der Waals surface area (Å²) in [7, 11) is 1.63. The Labute approximate surface area is 140 Å². The molecule has 0 bridgehead atoms. The molecule has 0 saturated carbocycles. The number of amidine groups is 1.